The number of carboxylic acid groups (broad SMARTS) is 1. The summed E-state index contributed by atoms with van der Waals surface area (Å²) < 4.78 is 6.21. The summed E-state index contributed by atoms with van der Waals surface area (Å²) in [6, 6.07) is -1.57. The van der Waals surface area contributed by atoms with Crippen LogP contribution in [0.3, 0.4) is 0 Å². The molecular formula is C22H34N2O6. The van der Waals surface area contributed by atoms with Crippen molar-refractivity contribution in [2.24, 2.45) is 17.8 Å². The number of aliphatic hydroxyl groups excluding tert-OH is 1. The normalized spacial score (nSPS) is 33.7. The second-order valence-corrected chi connectivity index (χ2v) is 10.0. The summed E-state index contributed by atoms with van der Waals surface area (Å²) >= 11 is 0. The molecule has 0 aromatic heterocycles. The summed E-state index contributed by atoms with van der Waals surface area (Å²) in [5.74, 6) is -3.77. The Hall–Kier alpha value is -1.93. The molecule has 3 rings (SSSR count). The Morgan fingerprint density at radius 1 is 1.40 bits per heavy atom. The van der Waals surface area contributed by atoms with Crippen molar-refractivity contribution in [3.8, 4) is 0 Å². The lowest BCUT2D eigenvalue weighted by molar-refractivity contribution is -0.156. The number of amides is 2. The molecule has 168 valence electrons. The van der Waals surface area contributed by atoms with Crippen LogP contribution in [-0.4, -0.2) is 80.3 Å². The van der Waals surface area contributed by atoms with Crippen molar-refractivity contribution in [2.45, 2.75) is 76.8 Å². The molecule has 8 nitrogen and oxygen atoms in total. The lowest BCUT2D eigenvalue weighted by Gasteiger charge is -2.44. The summed E-state index contributed by atoms with van der Waals surface area (Å²) in [5, 5.41) is 19.9. The number of carbonyl (C=O) groups excluding carboxylic acids is 2. The van der Waals surface area contributed by atoms with Crippen LogP contribution in [0.2, 0.25) is 0 Å². The van der Waals surface area contributed by atoms with Crippen LogP contribution in [0.5, 0.6) is 0 Å². The van der Waals surface area contributed by atoms with Crippen molar-refractivity contribution in [3.05, 3.63) is 12.7 Å². The average molecular weight is 423 g/mol. The molecule has 3 fully saturated rings. The van der Waals surface area contributed by atoms with Gasteiger partial charge in [0.2, 0.25) is 11.8 Å². The van der Waals surface area contributed by atoms with E-state index < -0.39 is 53.0 Å². The van der Waals surface area contributed by atoms with E-state index in [9.17, 15) is 24.6 Å². The van der Waals surface area contributed by atoms with E-state index in [0.717, 1.165) is 0 Å². The fourth-order valence-electron chi connectivity index (χ4n) is 5.60. The quantitative estimate of drug-likeness (QED) is 0.599. The zero-order valence-corrected chi connectivity index (χ0v) is 18.5. The third kappa shape index (κ3) is 3.15. The summed E-state index contributed by atoms with van der Waals surface area (Å²) in [5.41, 5.74) is -1.71. The first-order valence-corrected chi connectivity index (χ1v) is 10.7. The molecule has 2 N–H and O–H groups in total. The molecule has 3 heterocycles. The largest absolute Gasteiger partial charge is 0.481 e. The molecule has 3 aliphatic heterocycles. The fourth-order valence-corrected chi connectivity index (χ4v) is 5.60. The molecule has 30 heavy (non-hydrogen) atoms. The summed E-state index contributed by atoms with van der Waals surface area (Å²) in [4.78, 5) is 42.7. The number of ether oxygens (including phenoxy) is 1. The molecule has 8 heteroatoms. The first-order valence-electron chi connectivity index (χ1n) is 10.7. The van der Waals surface area contributed by atoms with Crippen molar-refractivity contribution >= 4 is 17.8 Å². The number of carboxylic acids is 1. The third-order valence-electron chi connectivity index (χ3n) is 6.96. The van der Waals surface area contributed by atoms with Gasteiger partial charge in [0.15, 0.2) is 0 Å². The van der Waals surface area contributed by atoms with E-state index in [1.54, 1.807) is 11.0 Å². The Morgan fingerprint density at radius 2 is 2.03 bits per heavy atom. The maximum atomic E-state index is 14.0. The van der Waals surface area contributed by atoms with Gasteiger partial charge < -0.3 is 24.7 Å². The number of rotatable bonds is 7. The Labute approximate surface area is 177 Å². The lowest BCUT2D eigenvalue weighted by atomic mass is 9.70. The second kappa shape index (κ2) is 7.64. The van der Waals surface area contributed by atoms with E-state index in [4.69, 9.17) is 4.74 Å². The first-order chi connectivity index (χ1) is 13.9. The predicted molar refractivity (Wildman–Crippen MR) is 109 cm³/mol. The van der Waals surface area contributed by atoms with Gasteiger partial charge in [-0.05, 0) is 39.5 Å². The molecular weight excluding hydrogens is 388 g/mol. The highest BCUT2D eigenvalue weighted by molar-refractivity contribution is 5.98. The van der Waals surface area contributed by atoms with Gasteiger partial charge in [0.25, 0.3) is 0 Å². The zero-order valence-electron chi connectivity index (χ0n) is 18.5. The van der Waals surface area contributed by atoms with E-state index >= 15 is 0 Å². The number of aliphatic carboxylic acids is 1. The minimum Gasteiger partial charge on any atom is -0.481 e. The highest BCUT2D eigenvalue weighted by Gasteiger charge is 2.75. The molecule has 2 bridgehead atoms. The SMILES string of the molecule is C=CCN(C(=O)C1N([C@@H](CO)C(C)C)C(=O)[C@@H]2[C@H](C(=O)O)[C@@H]3CCC12O3)C(C)(C)C. The van der Waals surface area contributed by atoms with Gasteiger partial charge in [-0.2, -0.15) is 0 Å². The van der Waals surface area contributed by atoms with Crippen molar-refractivity contribution < 1.29 is 29.3 Å². The molecule has 0 aliphatic carbocycles. The monoisotopic (exact) mass is 422 g/mol. The topological polar surface area (TPSA) is 107 Å². The highest BCUT2D eigenvalue weighted by atomic mass is 16.5. The van der Waals surface area contributed by atoms with E-state index in [2.05, 4.69) is 6.58 Å². The van der Waals surface area contributed by atoms with E-state index in [1.165, 1.54) is 4.90 Å². The standard InChI is InChI=1S/C22H34N2O6/c1-7-10-23(21(4,5)6)19(27)17-22-9-8-14(30-22)15(20(28)29)16(22)18(26)24(17)13(11-25)12(2)3/h7,12-17,25H,1,8-11H2,2-6H3,(H,28,29)/t13-,14-,15+,16-,17?,22?/m0/s1. The maximum Gasteiger partial charge on any atom is 0.310 e. The van der Waals surface area contributed by atoms with Gasteiger partial charge in [-0.15, -0.1) is 6.58 Å². The lowest BCUT2D eigenvalue weighted by Crippen LogP contribution is -2.62. The van der Waals surface area contributed by atoms with Gasteiger partial charge in [-0.1, -0.05) is 19.9 Å². The fraction of sp³-hybridized carbons (Fsp3) is 0.773. The minimum atomic E-state index is -1.17. The summed E-state index contributed by atoms with van der Waals surface area (Å²) in [6.45, 7) is 13.2. The minimum absolute atomic E-state index is 0.118. The molecule has 0 radical (unpaired) electrons. The Morgan fingerprint density at radius 3 is 2.50 bits per heavy atom. The third-order valence-corrected chi connectivity index (χ3v) is 6.96. The van der Waals surface area contributed by atoms with Crippen LogP contribution in [0.25, 0.3) is 0 Å². The number of carbonyl (C=O) groups is 3. The van der Waals surface area contributed by atoms with Crippen LogP contribution >= 0.6 is 0 Å². The van der Waals surface area contributed by atoms with Crippen LogP contribution in [0.1, 0.15) is 47.5 Å². The number of hydrogen-bond acceptors (Lipinski definition) is 5. The first kappa shape index (κ1) is 22.7. The molecule has 0 saturated carbocycles. The summed E-state index contributed by atoms with van der Waals surface area (Å²) in [6.07, 6.45) is 2.02. The van der Waals surface area contributed by atoms with Crippen molar-refractivity contribution in [1.29, 1.82) is 0 Å². The van der Waals surface area contributed by atoms with Crippen molar-refractivity contribution in [2.75, 3.05) is 13.2 Å². The van der Waals surface area contributed by atoms with Crippen LogP contribution in [0.15, 0.2) is 12.7 Å². The van der Waals surface area contributed by atoms with E-state index in [1.807, 2.05) is 34.6 Å². The molecule has 0 aromatic carbocycles. The Balaban J connectivity index is 2.15. The Bertz CT molecular complexity index is 744. The molecule has 3 aliphatic rings. The van der Waals surface area contributed by atoms with E-state index in [-0.39, 0.29) is 18.4 Å². The maximum absolute atomic E-state index is 14.0. The van der Waals surface area contributed by atoms with Gasteiger partial charge in [0.05, 0.1) is 30.6 Å². The molecule has 2 amide bonds. The summed E-state index contributed by atoms with van der Waals surface area (Å²) in [7, 11) is 0. The van der Waals surface area contributed by atoms with Crippen LogP contribution < -0.4 is 0 Å². The molecule has 3 saturated heterocycles. The van der Waals surface area contributed by atoms with Crippen LogP contribution in [-0.2, 0) is 19.1 Å². The highest BCUT2D eigenvalue weighted by Crippen LogP contribution is 2.59. The van der Waals surface area contributed by atoms with Crippen LogP contribution in [0, 0.1) is 17.8 Å². The number of fused-ring (bicyclic) bond motifs is 1. The number of likely N-dealkylation sites (tertiary alicyclic amines) is 1. The Kier molecular flexibility index (Phi) is 5.79. The smallest absolute Gasteiger partial charge is 0.310 e. The van der Waals surface area contributed by atoms with Gasteiger partial charge in [-0.3, -0.25) is 14.4 Å². The molecule has 0 aromatic rings. The van der Waals surface area contributed by atoms with Gasteiger partial charge >= 0.3 is 5.97 Å². The van der Waals surface area contributed by atoms with Crippen LogP contribution in [0.4, 0.5) is 0 Å². The van der Waals surface area contributed by atoms with Gasteiger partial charge in [-0.25, -0.2) is 0 Å². The van der Waals surface area contributed by atoms with Gasteiger partial charge in [0.1, 0.15) is 11.6 Å². The molecule has 6 atom stereocenters. The predicted octanol–water partition coefficient (Wildman–Crippen LogP) is 1.28. The second-order valence-electron chi connectivity index (χ2n) is 10.0. The average Bonchev–Trinajstić information content (AvgIpc) is 3.26. The molecule has 2 unspecified atom stereocenters. The number of nitrogens with zero attached hydrogens (tertiary/aromatic N) is 2. The number of aliphatic hydroxyl groups is 1. The van der Waals surface area contributed by atoms with Crippen molar-refractivity contribution in [1.82, 2.24) is 9.80 Å². The van der Waals surface area contributed by atoms with E-state index in [0.29, 0.717) is 19.4 Å². The zero-order chi connectivity index (χ0) is 22.6. The van der Waals surface area contributed by atoms with Crippen molar-refractivity contribution in [3.63, 3.8) is 0 Å². The van der Waals surface area contributed by atoms with Gasteiger partial charge in [0, 0.05) is 12.1 Å². The molecule has 1 spiro atoms. The number of hydrogen-bond donors (Lipinski definition) is 2.